The van der Waals surface area contributed by atoms with Crippen molar-refractivity contribution < 1.29 is 17.7 Å². The lowest BCUT2D eigenvalue weighted by molar-refractivity contribution is 0.397. The Balaban J connectivity index is 3.37. The molecule has 1 aromatic rings. The van der Waals surface area contributed by atoms with Gasteiger partial charge in [-0.05, 0) is 18.2 Å². The summed E-state index contributed by atoms with van der Waals surface area (Å²) in [4.78, 5) is -0.324. The smallest absolute Gasteiger partial charge is 0.298 e. The minimum absolute atomic E-state index is 0.0616. The molecule has 0 radical (unpaired) electrons. The van der Waals surface area contributed by atoms with Crippen LogP contribution in [0.2, 0.25) is 0 Å². The Morgan fingerprint density at radius 3 is 2.57 bits per heavy atom. The van der Waals surface area contributed by atoms with E-state index >= 15 is 0 Å². The van der Waals surface area contributed by atoms with Gasteiger partial charge in [-0.3, -0.25) is 10.4 Å². The van der Waals surface area contributed by atoms with Crippen LogP contribution < -0.4 is 16.0 Å². The van der Waals surface area contributed by atoms with E-state index < -0.39 is 10.1 Å². The van der Waals surface area contributed by atoms with Crippen molar-refractivity contribution >= 4 is 15.8 Å². The van der Waals surface area contributed by atoms with E-state index in [-0.39, 0.29) is 10.6 Å². The Morgan fingerprint density at radius 2 is 2.14 bits per heavy atom. The highest BCUT2D eigenvalue weighted by Crippen LogP contribution is 2.26. The summed E-state index contributed by atoms with van der Waals surface area (Å²) in [5.74, 6) is 5.15. The number of hydrogen-bond donors (Lipinski definition) is 3. The summed E-state index contributed by atoms with van der Waals surface area (Å²) in [6, 6.07) is 4.08. The number of benzene rings is 1. The highest BCUT2D eigenvalue weighted by Gasteiger charge is 2.16. The molecule has 14 heavy (non-hydrogen) atoms. The fraction of sp³-hybridized carbons (Fsp3) is 0.143. The monoisotopic (exact) mass is 218 g/mol. The van der Waals surface area contributed by atoms with Crippen molar-refractivity contribution in [2.24, 2.45) is 5.84 Å². The minimum atomic E-state index is -4.30. The number of methoxy groups -OCH3 is 1. The van der Waals surface area contributed by atoms with Crippen LogP contribution in [0.1, 0.15) is 0 Å². The summed E-state index contributed by atoms with van der Waals surface area (Å²) in [6.45, 7) is 0. The molecule has 0 unspecified atom stereocenters. The number of nitrogen functional groups attached to an aromatic ring is 1. The van der Waals surface area contributed by atoms with E-state index in [0.717, 1.165) is 0 Å². The van der Waals surface area contributed by atoms with Crippen LogP contribution in [0.4, 0.5) is 5.69 Å². The molecular weight excluding hydrogens is 208 g/mol. The normalized spacial score (nSPS) is 11.1. The lowest BCUT2D eigenvalue weighted by Gasteiger charge is -2.07. The molecule has 1 aromatic carbocycles. The van der Waals surface area contributed by atoms with Gasteiger partial charge in [0.2, 0.25) is 0 Å². The summed E-state index contributed by atoms with van der Waals surface area (Å²) >= 11 is 0. The molecule has 1 rings (SSSR count). The van der Waals surface area contributed by atoms with Gasteiger partial charge in [-0.15, -0.1) is 0 Å². The number of anilines is 1. The molecule has 7 heteroatoms. The third-order valence-corrected chi connectivity index (χ3v) is 2.48. The number of ether oxygens (including phenoxy) is 1. The summed E-state index contributed by atoms with van der Waals surface area (Å²) in [6.07, 6.45) is 0. The molecule has 0 aliphatic rings. The van der Waals surface area contributed by atoms with Crippen LogP contribution in [0.15, 0.2) is 23.1 Å². The summed E-state index contributed by atoms with van der Waals surface area (Å²) in [5, 5.41) is 0. The first kappa shape index (κ1) is 10.8. The van der Waals surface area contributed by atoms with E-state index in [1.54, 1.807) is 0 Å². The van der Waals surface area contributed by atoms with Gasteiger partial charge in [0.15, 0.2) is 0 Å². The van der Waals surface area contributed by atoms with Crippen molar-refractivity contribution in [1.82, 2.24) is 0 Å². The molecule has 0 saturated heterocycles. The molecule has 0 bridgehead atoms. The topological polar surface area (TPSA) is 102 Å². The molecule has 0 amide bonds. The molecule has 0 heterocycles. The summed E-state index contributed by atoms with van der Waals surface area (Å²) in [7, 11) is -2.99. The molecule has 78 valence electrons. The minimum Gasteiger partial charge on any atom is -0.495 e. The first-order valence-electron chi connectivity index (χ1n) is 3.61. The molecule has 0 fully saturated rings. The Morgan fingerprint density at radius 1 is 1.50 bits per heavy atom. The fourth-order valence-corrected chi connectivity index (χ4v) is 1.65. The molecule has 0 saturated carbocycles. The quantitative estimate of drug-likeness (QED) is 0.381. The van der Waals surface area contributed by atoms with Crippen LogP contribution in [0.3, 0.4) is 0 Å². The van der Waals surface area contributed by atoms with Gasteiger partial charge in [-0.25, -0.2) is 0 Å². The molecule has 0 aliphatic heterocycles. The molecule has 6 nitrogen and oxygen atoms in total. The number of nitrogens with two attached hydrogens (primary N) is 1. The Bertz CT molecular complexity index is 429. The fourth-order valence-electron chi connectivity index (χ4n) is 0.968. The first-order chi connectivity index (χ1) is 6.49. The highest BCUT2D eigenvalue weighted by molar-refractivity contribution is 7.86. The van der Waals surface area contributed by atoms with E-state index in [1.807, 2.05) is 0 Å². The maximum atomic E-state index is 10.9. The van der Waals surface area contributed by atoms with Gasteiger partial charge in [0, 0.05) is 0 Å². The van der Waals surface area contributed by atoms with Crippen LogP contribution in [0.5, 0.6) is 5.75 Å². The van der Waals surface area contributed by atoms with Gasteiger partial charge < -0.3 is 10.2 Å². The van der Waals surface area contributed by atoms with Crippen LogP contribution >= 0.6 is 0 Å². The van der Waals surface area contributed by atoms with Gasteiger partial charge in [0.05, 0.1) is 12.8 Å². The Kier molecular flexibility index (Phi) is 2.94. The average Bonchev–Trinajstić information content (AvgIpc) is 2.15. The molecular formula is C7H10N2O4S. The van der Waals surface area contributed by atoms with Crippen molar-refractivity contribution in [2.45, 2.75) is 4.90 Å². The molecule has 0 aliphatic carbocycles. The van der Waals surface area contributed by atoms with Crippen LogP contribution in [-0.4, -0.2) is 20.1 Å². The molecule has 4 N–H and O–H groups in total. The number of nitrogens with one attached hydrogen (secondary N) is 1. The second-order valence-electron chi connectivity index (χ2n) is 2.49. The van der Waals surface area contributed by atoms with E-state index in [0.29, 0.717) is 5.69 Å². The van der Waals surface area contributed by atoms with Gasteiger partial charge in [0.25, 0.3) is 10.1 Å². The van der Waals surface area contributed by atoms with Gasteiger partial charge in [-0.2, -0.15) is 8.42 Å². The van der Waals surface area contributed by atoms with E-state index in [1.165, 1.54) is 25.3 Å². The second kappa shape index (κ2) is 3.82. The maximum absolute atomic E-state index is 10.9. The summed E-state index contributed by atoms with van der Waals surface area (Å²) in [5.41, 5.74) is 2.62. The zero-order chi connectivity index (χ0) is 10.8. The lowest BCUT2D eigenvalue weighted by atomic mass is 10.3. The average molecular weight is 218 g/mol. The maximum Gasteiger partial charge on any atom is 0.298 e. The standard InChI is InChI=1S/C7H10N2O4S/c1-13-6-3-2-5(9-8)4-7(6)14(10,11)12/h2-4,9H,8H2,1H3,(H,10,11,12). The Labute approximate surface area is 81.4 Å². The van der Waals surface area contributed by atoms with Gasteiger partial charge in [-0.1, -0.05) is 0 Å². The van der Waals surface area contributed by atoms with E-state index in [9.17, 15) is 8.42 Å². The van der Waals surface area contributed by atoms with Gasteiger partial charge >= 0.3 is 0 Å². The lowest BCUT2D eigenvalue weighted by Crippen LogP contribution is -2.08. The van der Waals surface area contributed by atoms with Crippen molar-refractivity contribution in [1.29, 1.82) is 0 Å². The van der Waals surface area contributed by atoms with Crippen molar-refractivity contribution in [3.8, 4) is 5.75 Å². The predicted molar refractivity (Wildman–Crippen MR) is 50.6 cm³/mol. The zero-order valence-corrected chi connectivity index (χ0v) is 8.21. The van der Waals surface area contributed by atoms with Crippen molar-refractivity contribution in [3.63, 3.8) is 0 Å². The predicted octanol–water partition coefficient (Wildman–Crippen LogP) is 0.228. The number of hydrazine groups is 1. The molecule has 0 spiro atoms. The zero-order valence-electron chi connectivity index (χ0n) is 7.39. The SMILES string of the molecule is COc1ccc(NN)cc1S(=O)(=O)O. The third-order valence-electron chi connectivity index (χ3n) is 1.61. The highest BCUT2D eigenvalue weighted by atomic mass is 32.2. The van der Waals surface area contributed by atoms with Crippen molar-refractivity contribution in [2.75, 3.05) is 12.5 Å². The van der Waals surface area contributed by atoms with Gasteiger partial charge in [0.1, 0.15) is 10.6 Å². The summed E-state index contributed by atoms with van der Waals surface area (Å²) < 4.78 is 35.4. The number of rotatable bonds is 3. The van der Waals surface area contributed by atoms with Crippen LogP contribution in [-0.2, 0) is 10.1 Å². The Hall–Kier alpha value is -1.31. The largest absolute Gasteiger partial charge is 0.495 e. The molecule has 0 aromatic heterocycles. The first-order valence-corrected chi connectivity index (χ1v) is 5.05. The van der Waals surface area contributed by atoms with E-state index in [4.69, 9.17) is 15.1 Å². The number of hydrogen-bond acceptors (Lipinski definition) is 5. The van der Waals surface area contributed by atoms with Crippen LogP contribution in [0, 0.1) is 0 Å². The third kappa shape index (κ3) is 2.13. The van der Waals surface area contributed by atoms with E-state index in [2.05, 4.69) is 5.43 Å². The second-order valence-corrected chi connectivity index (χ2v) is 3.88. The molecule has 0 atom stereocenters. The van der Waals surface area contributed by atoms with Crippen molar-refractivity contribution in [3.05, 3.63) is 18.2 Å². The van der Waals surface area contributed by atoms with Crippen LogP contribution in [0.25, 0.3) is 0 Å².